The zero-order chi connectivity index (χ0) is 21.4. The highest BCUT2D eigenvalue weighted by Crippen LogP contribution is 2.66. The average Bonchev–Trinajstić information content (AvgIpc) is 3.05. The van der Waals surface area contributed by atoms with Crippen LogP contribution in [0.5, 0.6) is 0 Å². The molecule has 4 aliphatic rings. The third kappa shape index (κ3) is 4.21. The van der Waals surface area contributed by atoms with Crippen molar-refractivity contribution in [2.45, 2.75) is 117 Å². The molecule has 0 aliphatic heterocycles. The Balaban J connectivity index is 1.42. The van der Waals surface area contributed by atoms with Gasteiger partial charge in [0.25, 0.3) is 0 Å². The molecule has 7 atom stereocenters. The summed E-state index contributed by atoms with van der Waals surface area (Å²) < 4.78 is 6.18. The van der Waals surface area contributed by atoms with Gasteiger partial charge in [0, 0.05) is 6.61 Å². The summed E-state index contributed by atoms with van der Waals surface area (Å²) in [7, 11) is 2.23. The summed E-state index contributed by atoms with van der Waals surface area (Å²) in [6, 6.07) is 0. The molecule has 0 aromatic carbocycles. The van der Waals surface area contributed by atoms with Crippen molar-refractivity contribution < 1.29 is 4.74 Å². The van der Waals surface area contributed by atoms with E-state index in [-0.39, 0.29) is 0 Å². The zero-order valence-corrected chi connectivity index (χ0v) is 20.8. The van der Waals surface area contributed by atoms with Crippen LogP contribution < -0.4 is 0 Å². The number of ether oxygens (including phenoxy) is 1. The Kier molecular flexibility index (Phi) is 7.13. The van der Waals surface area contributed by atoms with Crippen molar-refractivity contribution in [3.8, 4) is 0 Å². The molecule has 1 nitrogen and oxygen atoms in total. The van der Waals surface area contributed by atoms with Crippen molar-refractivity contribution in [3.63, 3.8) is 0 Å². The lowest BCUT2D eigenvalue weighted by Crippen LogP contribution is -2.50. The van der Waals surface area contributed by atoms with Crippen LogP contribution in [0.4, 0.5) is 0 Å². The summed E-state index contributed by atoms with van der Waals surface area (Å²) in [5.41, 5.74) is 2.90. The summed E-state index contributed by atoms with van der Waals surface area (Å²) >= 11 is 0. The molecule has 0 saturated heterocycles. The topological polar surface area (TPSA) is 9.23 Å². The number of hydrogen-bond acceptors (Lipinski definition) is 1. The van der Waals surface area contributed by atoms with Crippen molar-refractivity contribution in [2.75, 3.05) is 6.61 Å². The van der Waals surface area contributed by atoms with Gasteiger partial charge in [-0.15, -0.1) is 0 Å². The van der Waals surface area contributed by atoms with Crippen molar-refractivity contribution >= 4 is 7.85 Å². The fraction of sp³-hybridized carbons (Fsp3) is 0.929. The highest BCUT2D eigenvalue weighted by Gasteiger charge is 2.58. The van der Waals surface area contributed by atoms with Gasteiger partial charge in [-0.25, -0.2) is 0 Å². The Hall–Kier alpha value is -0.235. The number of hydrogen-bond donors (Lipinski definition) is 0. The van der Waals surface area contributed by atoms with Gasteiger partial charge < -0.3 is 4.74 Å². The maximum absolute atomic E-state index is 6.18. The molecule has 0 aromatic heterocycles. The monoisotopic (exact) mass is 412 g/mol. The summed E-state index contributed by atoms with van der Waals surface area (Å²) in [6.45, 7) is 11.1. The van der Waals surface area contributed by atoms with E-state index in [0.717, 1.165) is 42.5 Å². The molecular formula is C28H49BO. The first-order valence-corrected chi connectivity index (χ1v) is 13.7. The average molecular weight is 413 g/mol. The number of fused-ring (bicyclic) bond motifs is 5. The molecule has 0 spiro atoms. The van der Waals surface area contributed by atoms with Crippen LogP contribution in [-0.2, 0) is 4.74 Å². The van der Waals surface area contributed by atoms with E-state index in [1.165, 1.54) is 77.0 Å². The van der Waals surface area contributed by atoms with Crippen molar-refractivity contribution in [1.82, 2.24) is 0 Å². The van der Waals surface area contributed by atoms with Gasteiger partial charge in [-0.3, -0.25) is 0 Å². The molecule has 30 heavy (non-hydrogen) atoms. The summed E-state index contributed by atoms with van der Waals surface area (Å²) in [6.07, 6.45) is 21.5. The van der Waals surface area contributed by atoms with Crippen LogP contribution in [0, 0.1) is 40.4 Å². The molecule has 1 unspecified atom stereocenters. The molecule has 3 saturated carbocycles. The van der Waals surface area contributed by atoms with Gasteiger partial charge in [-0.2, -0.15) is 0 Å². The normalized spacial score (nSPS) is 43.1. The Bertz CT molecular complexity index is 612. The predicted molar refractivity (Wildman–Crippen MR) is 132 cm³/mol. The van der Waals surface area contributed by atoms with E-state index in [0.29, 0.717) is 16.9 Å². The SMILES string of the molecule is BCCO[C@H]1CC[C@@]2(C)C(=CC[C@H]3C4CC[C@H](CCCCC(C)C)[C@@]4(C)CC[C@@H]32)C1. The Labute approximate surface area is 188 Å². The van der Waals surface area contributed by atoms with E-state index >= 15 is 0 Å². The second-order valence-corrected chi connectivity index (χ2v) is 12.5. The molecule has 0 radical (unpaired) electrons. The molecule has 4 rings (SSSR count). The van der Waals surface area contributed by atoms with E-state index < -0.39 is 0 Å². The minimum Gasteiger partial charge on any atom is -0.379 e. The molecule has 4 aliphatic carbocycles. The lowest BCUT2D eigenvalue weighted by atomic mass is 9.47. The largest absolute Gasteiger partial charge is 0.379 e. The van der Waals surface area contributed by atoms with E-state index in [1.807, 2.05) is 0 Å². The maximum atomic E-state index is 6.18. The first-order chi connectivity index (χ1) is 14.4. The van der Waals surface area contributed by atoms with Gasteiger partial charge in [0.15, 0.2) is 0 Å². The molecule has 0 amide bonds. The molecule has 3 fully saturated rings. The Morgan fingerprint density at radius 2 is 1.90 bits per heavy atom. The first kappa shape index (κ1) is 22.9. The second-order valence-electron chi connectivity index (χ2n) is 12.5. The van der Waals surface area contributed by atoms with Crippen molar-refractivity contribution in [3.05, 3.63) is 11.6 Å². The molecule has 2 heteroatoms. The van der Waals surface area contributed by atoms with Crippen LogP contribution in [0.1, 0.15) is 105 Å². The van der Waals surface area contributed by atoms with Gasteiger partial charge in [0.05, 0.1) is 6.10 Å². The Morgan fingerprint density at radius 3 is 2.67 bits per heavy atom. The highest BCUT2D eigenvalue weighted by molar-refractivity contribution is 6.08. The number of unbranched alkanes of at least 4 members (excludes halogenated alkanes) is 1. The lowest BCUT2D eigenvalue weighted by Gasteiger charge is -2.58. The third-order valence-corrected chi connectivity index (χ3v) is 10.4. The van der Waals surface area contributed by atoms with E-state index in [9.17, 15) is 0 Å². The molecular weight excluding hydrogens is 363 g/mol. The first-order valence-electron chi connectivity index (χ1n) is 13.7. The van der Waals surface area contributed by atoms with E-state index in [4.69, 9.17) is 4.74 Å². The van der Waals surface area contributed by atoms with E-state index in [2.05, 4.69) is 41.6 Å². The third-order valence-electron chi connectivity index (χ3n) is 10.4. The fourth-order valence-corrected chi connectivity index (χ4v) is 8.58. The van der Waals surface area contributed by atoms with Crippen molar-refractivity contribution in [1.29, 1.82) is 0 Å². The van der Waals surface area contributed by atoms with Gasteiger partial charge >= 0.3 is 0 Å². The molecule has 0 heterocycles. The van der Waals surface area contributed by atoms with Gasteiger partial charge in [-0.05, 0) is 98.2 Å². The highest BCUT2D eigenvalue weighted by atomic mass is 16.5. The maximum Gasteiger partial charge on any atom is 0.104 e. The Morgan fingerprint density at radius 1 is 1.07 bits per heavy atom. The number of rotatable bonds is 8. The summed E-state index contributed by atoms with van der Waals surface area (Å²) in [5, 5.41) is 0. The predicted octanol–water partition coefficient (Wildman–Crippen LogP) is 7.22. The second kappa shape index (κ2) is 9.32. The standard InChI is InChI=1S/C28H49BO/c1-20(2)7-5-6-8-21-10-12-25-24-11-9-22-19-23(30-18-17-29)13-15-28(22,4)26(24)14-16-27(21,25)3/h9,20-21,23-26H,5-8,10-19,29H2,1-4H3/t21-,23-,24-,25?,26-,27+,28-/m0/s1. The van der Waals surface area contributed by atoms with Crippen LogP contribution in [0.3, 0.4) is 0 Å². The van der Waals surface area contributed by atoms with E-state index in [1.54, 1.807) is 5.57 Å². The smallest absolute Gasteiger partial charge is 0.104 e. The van der Waals surface area contributed by atoms with Crippen LogP contribution in [-0.4, -0.2) is 20.6 Å². The van der Waals surface area contributed by atoms with Crippen LogP contribution >= 0.6 is 0 Å². The minimum atomic E-state index is 0.478. The van der Waals surface area contributed by atoms with Crippen LogP contribution in [0.15, 0.2) is 11.6 Å². The fourth-order valence-electron chi connectivity index (χ4n) is 8.58. The quantitative estimate of drug-likeness (QED) is 0.232. The summed E-state index contributed by atoms with van der Waals surface area (Å²) in [5.74, 6) is 4.79. The van der Waals surface area contributed by atoms with Crippen molar-refractivity contribution in [2.24, 2.45) is 40.4 Å². The van der Waals surface area contributed by atoms with Gasteiger partial charge in [0.2, 0.25) is 0 Å². The number of allylic oxidation sites excluding steroid dienone is 1. The summed E-state index contributed by atoms with van der Waals surface area (Å²) in [4.78, 5) is 0. The van der Waals surface area contributed by atoms with Crippen LogP contribution in [0.25, 0.3) is 0 Å². The lowest BCUT2D eigenvalue weighted by molar-refractivity contribution is -0.0576. The zero-order valence-electron chi connectivity index (χ0n) is 20.8. The molecule has 0 bridgehead atoms. The van der Waals surface area contributed by atoms with Gasteiger partial charge in [-0.1, -0.05) is 64.9 Å². The molecule has 0 N–H and O–H groups in total. The molecule has 0 aromatic rings. The molecule has 170 valence electrons. The minimum absolute atomic E-state index is 0.478. The van der Waals surface area contributed by atoms with Crippen LogP contribution in [0.2, 0.25) is 6.32 Å². The van der Waals surface area contributed by atoms with Gasteiger partial charge in [0.1, 0.15) is 7.85 Å².